The summed E-state index contributed by atoms with van der Waals surface area (Å²) in [7, 11) is 3.53. The number of hydrogen-bond acceptors (Lipinski definition) is 3. The molecule has 4 heteroatoms. The average molecular weight is 288 g/mol. The number of nitrogens with two attached hydrogens (primary N) is 1. The molecule has 0 aromatic heterocycles. The molecule has 3 nitrogen and oxygen atoms in total. The van der Waals surface area contributed by atoms with Gasteiger partial charge in [0.1, 0.15) is 11.6 Å². The van der Waals surface area contributed by atoms with Crippen molar-refractivity contribution in [2.75, 3.05) is 25.6 Å². The maximum Gasteiger partial charge on any atom is 0.131 e. The highest BCUT2D eigenvalue weighted by Crippen LogP contribution is 2.28. The van der Waals surface area contributed by atoms with Crippen LogP contribution in [-0.4, -0.2) is 20.7 Å². The summed E-state index contributed by atoms with van der Waals surface area (Å²) >= 11 is 0. The number of nitrogens with zero attached hydrogens (tertiary/aromatic N) is 1. The molecule has 0 amide bonds. The van der Waals surface area contributed by atoms with Crippen LogP contribution in [0.25, 0.3) is 0 Å². The van der Waals surface area contributed by atoms with Gasteiger partial charge in [0.25, 0.3) is 0 Å². The van der Waals surface area contributed by atoms with Gasteiger partial charge in [-0.05, 0) is 30.7 Å². The molecule has 2 rings (SSSR count). The van der Waals surface area contributed by atoms with Gasteiger partial charge in [0.05, 0.1) is 7.11 Å². The lowest BCUT2D eigenvalue weighted by Crippen LogP contribution is -2.24. The standard InChI is InChI=1S/C17H21FN2O/c1-20(13-7-4-3-5-8-13)12-11-15(19)17-14(18)9-6-10-16(17)21-2/h3-10,15H,11-12,19H2,1-2H3. The first kappa shape index (κ1) is 15.3. The van der Waals surface area contributed by atoms with Crippen LogP contribution >= 0.6 is 0 Å². The molecule has 1 unspecified atom stereocenters. The van der Waals surface area contributed by atoms with Crippen LogP contribution in [0.5, 0.6) is 5.75 Å². The molecule has 0 aliphatic heterocycles. The Balaban J connectivity index is 2.04. The van der Waals surface area contributed by atoms with Gasteiger partial charge in [-0.1, -0.05) is 24.3 Å². The maximum atomic E-state index is 14.0. The zero-order valence-electron chi connectivity index (χ0n) is 12.4. The van der Waals surface area contributed by atoms with Gasteiger partial charge < -0.3 is 15.4 Å². The van der Waals surface area contributed by atoms with Gasteiger partial charge in [0.2, 0.25) is 0 Å². The first-order valence-corrected chi connectivity index (χ1v) is 6.97. The number of hydrogen-bond donors (Lipinski definition) is 1. The number of rotatable bonds is 6. The smallest absolute Gasteiger partial charge is 0.131 e. The van der Waals surface area contributed by atoms with Gasteiger partial charge in [-0.3, -0.25) is 0 Å². The Morgan fingerprint density at radius 1 is 1.14 bits per heavy atom. The zero-order valence-corrected chi connectivity index (χ0v) is 12.4. The predicted octanol–water partition coefficient (Wildman–Crippen LogP) is 3.36. The van der Waals surface area contributed by atoms with E-state index in [0.29, 0.717) is 17.7 Å². The van der Waals surface area contributed by atoms with Crippen molar-refractivity contribution in [2.24, 2.45) is 5.73 Å². The number of ether oxygens (including phenoxy) is 1. The molecule has 2 aromatic carbocycles. The number of para-hydroxylation sites is 1. The summed E-state index contributed by atoms with van der Waals surface area (Å²) in [6.07, 6.45) is 0.642. The second kappa shape index (κ2) is 7.09. The molecule has 0 saturated carbocycles. The quantitative estimate of drug-likeness (QED) is 0.886. The highest BCUT2D eigenvalue weighted by Gasteiger charge is 2.17. The van der Waals surface area contributed by atoms with E-state index in [1.54, 1.807) is 12.1 Å². The number of halogens is 1. The molecule has 1 atom stereocenters. The van der Waals surface area contributed by atoms with Crippen molar-refractivity contribution >= 4 is 5.69 Å². The van der Waals surface area contributed by atoms with Crippen molar-refractivity contribution in [1.82, 2.24) is 0 Å². The van der Waals surface area contributed by atoms with E-state index in [2.05, 4.69) is 4.90 Å². The van der Waals surface area contributed by atoms with Crippen molar-refractivity contribution < 1.29 is 9.13 Å². The lowest BCUT2D eigenvalue weighted by atomic mass is 10.0. The largest absolute Gasteiger partial charge is 0.496 e. The lowest BCUT2D eigenvalue weighted by Gasteiger charge is -2.22. The minimum atomic E-state index is -0.396. The van der Waals surface area contributed by atoms with Gasteiger partial charge >= 0.3 is 0 Å². The molecule has 21 heavy (non-hydrogen) atoms. The van der Waals surface area contributed by atoms with Gasteiger partial charge in [-0.25, -0.2) is 4.39 Å². The molecule has 2 aromatic rings. The molecule has 2 N–H and O–H groups in total. The van der Waals surface area contributed by atoms with Crippen molar-refractivity contribution in [2.45, 2.75) is 12.5 Å². The average Bonchev–Trinajstić information content (AvgIpc) is 2.52. The highest BCUT2D eigenvalue weighted by molar-refractivity contribution is 5.45. The summed E-state index contributed by atoms with van der Waals surface area (Å²) in [6.45, 7) is 0.739. The Morgan fingerprint density at radius 3 is 2.52 bits per heavy atom. The Labute approximate surface area is 125 Å². The van der Waals surface area contributed by atoms with Crippen molar-refractivity contribution in [3.05, 3.63) is 59.9 Å². The number of benzene rings is 2. The molecule has 0 radical (unpaired) electrons. The molecule has 0 aliphatic rings. The summed E-state index contributed by atoms with van der Waals surface area (Å²) in [5.74, 6) is 0.189. The first-order chi connectivity index (χ1) is 10.1. The molecule has 112 valence electrons. The summed E-state index contributed by atoms with van der Waals surface area (Å²) in [5, 5.41) is 0. The summed E-state index contributed by atoms with van der Waals surface area (Å²) in [6, 6.07) is 14.4. The summed E-state index contributed by atoms with van der Waals surface area (Å²) < 4.78 is 19.2. The third kappa shape index (κ3) is 3.73. The van der Waals surface area contributed by atoms with E-state index in [9.17, 15) is 4.39 Å². The van der Waals surface area contributed by atoms with Gasteiger partial charge in [0.15, 0.2) is 0 Å². The first-order valence-electron chi connectivity index (χ1n) is 6.97. The van der Waals surface area contributed by atoms with E-state index >= 15 is 0 Å². The Kier molecular flexibility index (Phi) is 5.17. The maximum absolute atomic E-state index is 14.0. The zero-order chi connectivity index (χ0) is 15.2. The van der Waals surface area contributed by atoms with E-state index in [-0.39, 0.29) is 5.82 Å². The Hall–Kier alpha value is -2.07. The molecule has 0 heterocycles. The highest BCUT2D eigenvalue weighted by atomic mass is 19.1. The van der Waals surface area contributed by atoms with E-state index in [4.69, 9.17) is 10.5 Å². The van der Waals surface area contributed by atoms with Crippen LogP contribution in [0.15, 0.2) is 48.5 Å². The van der Waals surface area contributed by atoms with E-state index in [1.165, 1.54) is 13.2 Å². The molecule has 0 aliphatic carbocycles. The summed E-state index contributed by atoms with van der Waals surface area (Å²) in [5.41, 5.74) is 7.71. The molecule has 0 bridgehead atoms. The monoisotopic (exact) mass is 288 g/mol. The number of methoxy groups -OCH3 is 1. The second-order valence-electron chi connectivity index (χ2n) is 5.01. The Morgan fingerprint density at radius 2 is 1.86 bits per heavy atom. The minimum Gasteiger partial charge on any atom is -0.496 e. The van der Waals surface area contributed by atoms with Crippen molar-refractivity contribution in [3.63, 3.8) is 0 Å². The lowest BCUT2D eigenvalue weighted by molar-refractivity contribution is 0.397. The fourth-order valence-corrected chi connectivity index (χ4v) is 2.34. The van der Waals surface area contributed by atoms with Crippen LogP contribution < -0.4 is 15.4 Å². The van der Waals surface area contributed by atoms with Crippen molar-refractivity contribution in [3.8, 4) is 5.75 Å². The fourth-order valence-electron chi connectivity index (χ4n) is 2.34. The predicted molar refractivity (Wildman–Crippen MR) is 84.2 cm³/mol. The second-order valence-corrected chi connectivity index (χ2v) is 5.01. The minimum absolute atomic E-state index is 0.316. The molecule has 0 fully saturated rings. The van der Waals surface area contributed by atoms with E-state index in [1.807, 2.05) is 37.4 Å². The van der Waals surface area contributed by atoms with Gasteiger partial charge in [0, 0.05) is 30.9 Å². The van der Waals surface area contributed by atoms with Crippen molar-refractivity contribution in [1.29, 1.82) is 0 Å². The normalized spacial score (nSPS) is 12.0. The fraction of sp³-hybridized carbons (Fsp3) is 0.294. The Bertz CT molecular complexity index is 574. The van der Waals surface area contributed by atoms with Crippen LogP contribution in [-0.2, 0) is 0 Å². The molecule has 0 spiro atoms. The van der Waals surface area contributed by atoms with Crippen LogP contribution in [0, 0.1) is 5.82 Å². The topological polar surface area (TPSA) is 38.5 Å². The van der Waals surface area contributed by atoms with Crippen LogP contribution in [0.3, 0.4) is 0 Å². The third-order valence-electron chi connectivity index (χ3n) is 3.58. The van der Waals surface area contributed by atoms with E-state index < -0.39 is 6.04 Å². The van der Waals surface area contributed by atoms with E-state index in [0.717, 1.165) is 12.2 Å². The van der Waals surface area contributed by atoms with Gasteiger partial charge in [-0.15, -0.1) is 0 Å². The molecular weight excluding hydrogens is 267 g/mol. The summed E-state index contributed by atoms with van der Waals surface area (Å²) in [4.78, 5) is 2.10. The van der Waals surface area contributed by atoms with Crippen LogP contribution in [0.4, 0.5) is 10.1 Å². The van der Waals surface area contributed by atoms with Crippen LogP contribution in [0.2, 0.25) is 0 Å². The SMILES string of the molecule is COc1cccc(F)c1C(N)CCN(C)c1ccccc1. The number of anilines is 1. The molecular formula is C17H21FN2O. The van der Waals surface area contributed by atoms with Crippen LogP contribution in [0.1, 0.15) is 18.0 Å². The molecule has 0 saturated heterocycles. The third-order valence-corrected chi connectivity index (χ3v) is 3.58. The van der Waals surface area contributed by atoms with Gasteiger partial charge in [-0.2, -0.15) is 0 Å².